The molecule has 0 saturated heterocycles. The van der Waals surface area contributed by atoms with Gasteiger partial charge in [-0.15, -0.1) is 0 Å². The number of amides is 1. The Kier molecular flexibility index (Phi) is 6.77. The van der Waals surface area contributed by atoms with Crippen LogP contribution in [0.2, 0.25) is 0 Å². The van der Waals surface area contributed by atoms with Crippen molar-refractivity contribution in [1.29, 1.82) is 0 Å². The number of benzene rings is 1. The normalized spacial score (nSPS) is 13.5. The van der Waals surface area contributed by atoms with E-state index in [4.69, 9.17) is 0 Å². The highest BCUT2D eigenvalue weighted by atomic mass is 16.4. The van der Waals surface area contributed by atoms with Gasteiger partial charge in [0, 0.05) is 5.92 Å². The van der Waals surface area contributed by atoms with E-state index in [9.17, 15) is 14.7 Å². The van der Waals surface area contributed by atoms with E-state index in [2.05, 4.69) is 12.2 Å². The molecule has 1 unspecified atom stereocenters. The molecule has 20 heavy (non-hydrogen) atoms. The lowest BCUT2D eigenvalue weighted by Crippen LogP contribution is -2.37. The van der Waals surface area contributed by atoms with Gasteiger partial charge in [-0.1, -0.05) is 57.0 Å². The Bertz CT molecular complexity index is 431. The zero-order valence-corrected chi connectivity index (χ0v) is 12.1. The monoisotopic (exact) mass is 277 g/mol. The summed E-state index contributed by atoms with van der Waals surface area (Å²) in [5, 5.41) is 11.9. The van der Waals surface area contributed by atoms with Gasteiger partial charge in [0.2, 0.25) is 5.91 Å². The van der Waals surface area contributed by atoms with Crippen LogP contribution in [0.25, 0.3) is 0 Å². The zero-order chi connectivity index (χ0) is 15.0. The van der Waals surface area contributed by atoms with Crippen molar-refractivity contribution < 1.29 is 14.7 Å². The van der Waals surface area contributed by atoms with E-state index >= 15 is 0 Å². The molecule has 1 rings (SSSR count). The van der Waals surface area contributed by atoms with Crippen LogP contribution >= 0.6 is 0 Å². The second-order valence-electron chi connectivity index (χ2n) is 4.94. The van der Waals surface area contributed by atoms with Crippen molar-refractivity contribution in [3.63, 3.8) is 0 Å². The van der Waals surface area contributed by atoms with E-state index in [1.54, 1.807) is 24.3 Å². The maximum Gasteiger partial charge on any atom is 0.330 e. The van der Waals surface area contributed by atoms with Gasteiger partial charge in [-0.3, -0.25) is 4.79 Å². The van der Waals surface area contributed by atoms with Gasteiger partial charge in [-0.25, -0.2) is 4.79 Å². The highest BCUT2D eigenvalue weighted by Crippen LogP contribution is 2.17. The van der Waals surface area contributed by atoms with Crippen LogP contribution in [-0.4, -0.2) is 17.0 Å². The third-order valence-corrected chi connectivity index (χ3v) is 3.44. The van der Waals surface area contributed by atoms with Gasteiger partial charge < -0.3 is 10.4 Å². The molecule has 0 aromatic heterocycles. The van der Waals surface area contributed by atoms with Gasteiger partial charge in [0.25, 0.3) is 0 Å². The van der Waals surface area contributed by atoms with Crippen LogP contribution in [-0.2, 0) is 9.59 Å². The minimum atomic E-state index is -1.03. The van der Waals surface area contributed by atoms with E-state index in [-0.39, 0.29) is 11.8 Å². The molecule has 110 valence electrons. The third kappa shape index (κ3) is 4.68. The maximum atomic E-state index is 12.2. The standard InChI is InChI=1S/C16H23NO3/c1-3-5-9-12(4-2)15(18)17-14(16(19)20)13-10-7-6-8-11-13/h6-8,10-12,14H,3-5,9H2,1-2H3,(H,17,18)(H,19,20)/t12?,14-/m1/s1. The van der Waals surface area contributed by atoms with Crippen LogP contribution in [0.15, 0.2) is 30.3 Å². The largest absolute Gasteiger partial charge is 0.479 e. The van der Waals surface area contributed by atoms with Crippen molar-refractivity contribution in [2.45, 2.75) is 45.6 Å². The zero-order valence-electron chi connectivity index (χ0n) is 12.1. The summed E-state index contributed by atoms with van der Waals surface area (Å²) in [4.78, 5) is 23.5. The number of nitrogens with one attached hydrogen (secondary N) is 1. The Morgan fingerprint density at radius 3 is 2.35 bits per heavy atom. The molecule has 4 heteroatoms. The van der Waals surface area contributed by atoms with E-state index in [1.807, 2.05) is 13.0 Å². The fourth-order valence-electron chi connectivity index (χ4n) is 2.16. The van der Waals surface area contributed by atoms with E-state index in [1.165, 1.54) is 0 Å². The highest BCUT2D eigenvalue weighted by Gasteiger charge is 2.25. The van der Waals surface area contributed by atoms with E-state index in [0.717, 1.165) is 25.7 Å². The van der Waals surface area contributed by atoms with Gasteiger partial charge >= 0.3 is 5.97 Å². The summed E-state index contributed by atoms with van der Waals surface area (Å²) >= 11 is 0. The average Bonchev–Trinajstić information content (AvgIpc) is 2.46. The summed E-state index contributed by atoms with van der Waals surface area (Å²) in [7, 11) is 0. The molecule has 1 aromatic carbocycles. The number of aliphatic carboxylic acids is 1. The molecule has 2 atom stereocenters. The predicted octanol–water partition coefficient (Wildman–Crippen LogP) is 3.14. The minimum Gasteiger partial charge on any atom is -0.479 e. The summed E-state index contributed by atoms with van der Waals surface area (Å²) in [5.41, 5.74) is 0.596. The van der Waals surface area contributed by atoms with Crippen molar-refractivity contribution >= 4 is 11.9 Å². The molecular formula is C16H23NO3. The van der Waals surface area contributed by atoms with Crippen LogP contribution in [0.5, 0.6) is 0 Å². The highest BCUT2D eigenvalue weighted by molar-refractivity contribution is 5.85. The molecule has 0 aliphatic heterocycles. The lowest BCUT2D eigenvalue weighted by atomic mass is 9.97. The number of unbranched alkanes of at least 4 members (excludes halogenated alkanes) is 1. The molecule has 1 aromatic rings. The van der Waals surface area contributed by atoms with Crippen molar-refractivity contribution in [2.24, 2.45) is 5.92 Å². The summed E-state index contributed by atoms with van der Waals surface area (Å²) in [6, 6.07) is 7.81. The molecular weight excluding hydrogens is 254 g/mol. The number of rotatable bonds is 8. The fraction of sp³-hybridized carbons (Fsp3) is 0.500. The SMILES string of the molecule is CCCCC(CC)C(=O)N[C@@H](C(=O)O)c1ccccc1. The van der Waals surface area contributed by atoms with Gasteiger partial charge in [0.1, 0.15) is 0 Å². The Morgan fingerprint density at radius 1 is 1.20 bits per heavy atom. The van der Waals surface area contributed by atoms with Crippen molar-refractivity contribution in [1.82, 2.24) is 5.32 Å². The van der Waals surface area contributed by atoms with Gasteiger partial charge in [0.05, 0.1) is 0 Å². The first-order valence-corrected chi connectivity index (χ1v) is 7.18. The van der Waals surface area contributed by atoms with Crippen molar-refractivity contribution in [3.8, 4) is 0 Å². The summed E-state index contributed by atoms with van der Waals surface area (Å²) in [6.45, 7) is 4.03. The van der Waals surface area contributed by atoms with Crippen LogP contribution in [0.1, 0.15) is 51.1 Å². The molecule has 4 nitrogen and oxygen atoms in total. The van der Waals surface area contributed by atoms with Crippen molar-refractivity contribution in [2.75, 3.05) is 0 Å². The Labute approximate surface area is 120 Å². The average molecular weight is 277 g/mol. The number of carbonyl (C=O) groups is 2. The molecule has 2 N–H and O–H groups in total. The Hall–Kier alpha value is -1.84. The van der Waals surface area contributed by atoms with Crippen LogP contribution < -0.4 is 5.32 Å². The first kappa shape index (κ1) is 16.2. The van der Waals surface area contributed by atoms with Crippen LogP contribution in [0, 0.1) is 5.92 Å². The minimum absolute atomic E-state index is 0.111. The summed E-state index contributed by atoms with van der Waals surface area (Å²) in [6.07, 6.45) is 3.55. The topological polar surface area (TPSA) is 66.4 Å². The number of hydrogen-bond acceptors (Lipinski definition) is 2. The molecule has 0 spiro atoms. The second kappa shape index (κ2) is 8.35. The predicted molar refractivity (Wildman–Crippen MR) is 78.3 cm³/mol. The van der Waals surface area contributed by atoms with E-state index < -0.39 is 12.0 Å². The first-order chi connectivity index (χ1) is 9.60. The number of carboxylic acids is 1. The molecule has 0 radical (unpaired) electrons. The summed E-state index contributed by atoms with van der Waals surface area (Å²) in [5.74, 6) is -1.31. The van der Waals surface area contributed by atoms with Gasteiger partial charge in [0.15, 0.2) is 6.04 Å². The Morgan fingerprint density at radius 2 is 1.85 bits per heavy atom. The van der Waals surface area contributed by atoms with Gasteiger partial charge in [-0.05, 0) is 18.4 Å². The number of hydrogen-bond donors (Lipinski definition) is 2. The maximum absolute atomic E-state index is 12.2. The molecule has 0 aliphatic carbocycles. The molecule has 0 aliphatic rings. The van der Waals surface area contributed by atoms with Crippen LogP contribution in [0.4, 0.5) is 0 Å². The lowest BCUT2D eigenvalue weighted by molar-refractivity contribution is -0.142. The molecule has 0 saturated carbocycles. The Balaban J connectivity index is 2.75. The molecule has 0 heterocycles. The number of carboxylic acid groups (broad SMARTS) is 1. The smallest absolute Gasteiger partial charge is 0.330 e. The third-order valence-electron chi connectivity index (χ3n) is 3.44. The first-order valence-electron chi connectivity index (χ1n) is 7.18. The molecule has 1 amide bonds. The summed E-state index contributed by atoms with van der Waals surface area (Å²) < 4.78 is 0. The fourth-order valence-corrected chi connectivity index (χ4v) is 2.16. The number of carbonyl (C=O) groups excluding carboxylic acids is 1. The van der Waals surface area contributed by atoms with Gasteiger partial charge in [-0.2, -0.15) is 0 Å². The molecule has 0 fully saturated rings. The second-order valence-corrected chi connectivity index (χ2v) is 4.94. The quantitative estimate of drug-likeness (QED) is 0.767. The van der Waals surface area contributed by atoms with Crippen LogP contribution in [0.3, 0.4) is 0 Å². The van der Waals surface area contributed by atoms with Crippen molar-refractivity contribution in [3.05, 3.63) is 35.9 Å². The van der Waals surface area contributed by atoms with E-state index in [0.29, 0.717) is 5.56 Å². The molecule has 0 bridgehead atoms. The lowest BCUT2D eigenvalue weighted by Gasteiger charge is -2.19.